The van der Waals surface area contributed by atoms with E-state index in [1.807, 2.05) is 0 Å². The first kappa shape index (κ1) is 16.5. The maximum Gasteiger partial charge on any atom is 0.257 e. The minimum atomic E-state index is -0.659. The number of aliphatic hydroxyl groups is 1. The lowest BCUT2D eigenvalue weighted by molar-refractivity contribution is 0.0460. The summed E-state index contributed by atoms with van der Waals surface area (Å²) in [6.07, 6.45) is 0.670. The van der Waals surface area contributed by atoms with Gasteiger partial charge in [-0.3, -0.25) is 4.79 Å². The Hall–Kier alpha value is -2.40. The van der Waals surface area contributed by atoms with Gasteiger partial charge in [-0.15, -0.1) is 0 Å². The lowest BCUT2D eigenvalue weighted by atomic mass is 9.87. The van der Waals surface area contributed by atoms with Crippen molar-refractivity contribution in [2.45, 2.75) is 18.9 Å². The fraction of sp³-hybridized carbons (Fsp3) is 0.316. The minimum absolute atomic E-state index is 0.0176. The molecule has 2 N–H and O–H groups in total. The Morgan fingerprint density at radius 2 is 1.71 bits per heavy atom. The van der Waals surface area contributed by atoms with E-state index < -0.39 is 6.10 Å². The molecule has 24 heavy (non-hydrogen) atoms. The normalized spacial score (nSPS) is 16.8. The van der Waals surface area contributed by atoms with E-state index in [1.54, 1.807) is 35.2 Å². The van der Waals surface area contributed by atoms with E-state index in [2.05, 4.69) is 0 Å². The van der Waals surface area contributed by atoms with Crippen LogP contribution in [0.2, 0.25) is 0 Å². The molecule has 1 unspecified atom stereocenters. The van der Waals surface area contributed by atoms with Gasteiger partial charge in [0.15, 0.2) is 0 Å². The standard InChI is InChI=1S/C19H20FNO3/c20-15-7-5-13(6-8-15)18(23)14-9-11-21(12-10-14)19(24)16-3-1-2-4-17(16)22/h1-8,14,18,22-23H,9-12H2. The zero-order valence-corrected chi connectivity index (χ0v) is 13.2. The van der Waals surface area contributed by atoms with E-state index in [0.717, 1.165) is 0 Å². The fourth-order valence-electron chi connectivity index (χ4n) is 3.18. The molecule has 1 aliphatic rings. The van der Waals surface area contributed by atoms with Crippen molar-refractivity contribution in [2.24, 2.45) is 5.92 Å². The van der Waals surface area contributed by atoms with Crippen LogP contribution in [0, 0.1) is 11.7 Å². The van der Waals surface area contributed by atoms with Gasteiger partial charge in [-0.25, -0.2) is 4.39 Å². The molecule has 4 nitrogen and oxygen atoms in total. The molecule has 3 rings (SSSR count). The predicted molar refractivity (Wildman–Crippen MR) is 88.1 cm³/mol. The molecule has 1 aliphatic heterocycles. The number of aliphatic hydroxyl groups excluding tert-OH is 1. The number of hydrogen-bond donors (Lipinski definition) is 2. The van der Waals surface area contributed by atoms with Gasteiger partial charge in [-0.05, 0) is 48.6 Å². The maximum atomic E-state index is 13.0. The van der Waals surface area contributed by atoms with Crippen LogP contribution in [-0.4, -0.2) is 34.1 Å². The van der Waals surface area contributed by atoms with Gasteiger partial charge in [0, 0.05) is 13.1 Å². The van der Waals surface area contributed by atoms with Gasteiger partial charge in [-0.2, -0.15) is 0 Å². The Balaban J connectivity index is 1.62. The van der Waals surface area contributed by atoms with Crippen LogP contribution < -0.4 is 0 Å². The second-order valence-electron chi connectivity index (χ2n) is 6.14. The number of phenols is 1. The van der Waals surface area contributed by atoms with Crippen molar-refractivity contribution in [3.8, 4) is 5.75 Å². The Bertz CT molecular complexity index is 709. The number of piperidine rings is 1. The lowest BCUT2D eigenvalue weighted by Gasteiger charge is -2.34. The molecular formula is C19H20FNO3. The van der Waals surface area contributed by atoms with Crippen LogP contribution in [0.3, 0.4) is 0 Å². The number of hydrogen-bond acceptors (Lipinski definition) is 3. The highest BCUT2D eigenvalue weighted by molar-refractivity contribution is 5.96. The highest BCUT2D eigenvalue weighted by Gasteiger charge is 2.29. The molecule has 5 heteroatoms. The van der Waals surface area contributed by atoms with E-state index >= 15 is 0 Å². The van der Waals surface area contributed by atoms with Crippen molar-refractivity contribution < 1.29 is 19.4 Å². The predicted octanol–water partition coefficient (Wildman–Crippen LogP) is 3.12. The maximum absolute atomic E-state index is 13.0. The molecule has 2 aromatic rings. The van der Waals surface area contributed by atoms with Crippen LogP contribution in [0.4, 0.5) is 4.39 Å². The highest BCUT2D eigenvalue weighted by atomic mass is 19.1. The van der Waals surface area contributed by atoms with Gasteiger partial charge < -0.3 is 15.1 Å². The number of nitrogens with zero attached hydrogens (tertiary/aromatic N) is 1. The van der Waals surface area contributed by atoms with Crippen LogP contribution in [0.1, 0.15) is 34.9 Å². The molecular weight excluding hydrogens is 309 g/mol. The lowest BCUT2D eigenvalue weighted by Crippen LogP contribution is -2.39. The molecule has 0 bridgehead atoms. The Morgan fingerprint density at radius 3 is 2.33 bits per heavy atom. The molecule has 0 spiro atoms. The summed E-state index contributed by atoms with van der Waals surface area (Å²) in [5.74, 6) is -0.503. The summed E-state index contributed by atoms with van der Waals surface area (Å²) >= 11 is 0. The highest BCUT2D eigenvalue weighted by Crippen LogP contribution is 2.31. The zero-order chi connectivity index (χ0) is 17.1. The van der Waals surface area contributed by atoms with Crippen LogP contribution >= 0.6 is 0 Å². The van der Waals surface area contributed by atoms with Crippen LogP contribution in [0.5, 0.6) is 5.75 Å². The van der Waals surface area contributed by atoms with E-state index in [-0.39, 0.29) is 23.4 Å². The first-order chi connectivity index (χ1) is 11.6. The molecule has 0 saturated carbocycles. The zero-order valence-electron chi connectivity index (χ0n) is 13.2. The van der Waals surface area contributed by atoms with Gasteiger partial charge in [0.25, 0.3) is 5.91 Å². The number of aromatic hydroxyl groups is 1. The quantitative estimate of drug-likeness (QED) is 0.909. The third-order valence-electron chi connectivity index (χ3n) is 4.62. The number of benzene rings is 2. The summed E-state index contributed by atoms with van der Waals surface area (Å²) in [5, 5.41) is 20.3. The first-order valence-corrected chi connectivity index (χ1v) is 8.07. The molecule has 0 aliphatic carbocycles. The van der Waals surface area contributed by atoms with Crippen molar-refractivity contribution in [2.75, 3.05) is 13.1 Å². The third-order valence-corrected chi connectivity index (χ3v) is 4.62. The number of amides is 1. The summed E-state index contributed by atoms with van der Waals surface area (Å²) in [5.41, 5.74) is 0.997. The second-order valence-corrected chi connectivity index (χ2v) is 6.14. The number of para-hydroxylation sites is 1. The van der Waals surface area contributed by atoms with E-state index in [0.29, 0.717) is 37.1 Å². The Labute approximate surface area is 140 Å². The number of likely N-dealkylation sites (tertiary alicyclic amines) is 1. The first-order valence-electron chi connectivity index (χ1n) is 8.07. The largest absolute Gasteiger partial charge is 0.507 e. The van der Waals surface area contributed by atoms with Gasteiger partial charge in [0.05, 0.1) is 11.7 Å². The average Bonchev–Trinajstić information content (AvgIpc) is 2.62. The number of halogens is 1. The Morgan fingerprint density at radius 1 is 1.08 bits per heavy atom. The average molecular weight is 329 g/mol. The van der Waals surface area contributed by atoms with Crippen molar-refractivity contribution >= 4 is 5.91 Å². The topological polar surface area (TPSA) is 60.8 Å². The molecule has 1 fully saturated rings. The molecule has 1 amide bonds. The van der Waals surface area contributed by atoms with Crippen LogP contribution in [-0.2, 0) is 0 Å². The van der Waals surface area contributed by atoms with Crippen molar-refractivity contribution in [1.29, 1.82) is 0 Å². The van der Waals surface area contributed by atoms with Crippen molar-refractivity contribution in [3.05, 3.63) is 65.5 Å². The summed E-state index contributed by atoms with van der Waals surface area (Å²) in [7, 11) is 0. The van der Waals surface area contributed by atoms with E-state index in [4.69, 9.17) is 0 Å². The number of rotatable bonds is 3. The number of carbonyl (C=O) groups is 1. The second kappa shape index (κ2) is 7.01. The van der Waals surface area contributed by atoms with E-state index in [1.165, 1.54) is 18.2 Å². The van der Waals surface area contributed by atoms with Crippen molar-refractivity contribution in [1.82, 2.24) is 4.90 Å². The fourth-order valence-corrected chi connectivity index (χ4v) is 3.18. The third kappa shape index (κ3) is 3.41. The molecule has 0 aromatic heterocycles. The van der Waals surface area contributed by atoms with Gasteiger partial charge in [0.2, 0.25) is 0 Å². The molecule has 0 radical (unpaired) electrons. The summed E-state index contributed by atoms with van der Waals surface area (Å²) < 4.78 is 13.0. The molecule has 1 atom stereocenters. The monoisotopic (exact) mass is 329 g/mol. The smallest absolute Gasteiger partial charge is 0.257 e. The van der Waals surface area contributed by atoms with E-state index in [9.17, 15) is 19.4 Å². The van der Waals surface area contributed by atoms with Crippen molar-refractivity contribution in [3.63, 3.8) is 0 Å². The molecule has 2 aromatic carbocycles. The summed E-state index contributed by atoms with van der Waals surface area (Å²) in [6.45, 7) is 1.05. The minimum Gasteiger partial charge on any atom is -0.507 e. The molecule has 1 saturated heterocycles. The summed E-state index contributed by atoms with van der Waals surface area (Å²) in [4.78, 5) is 14.2. The molecule has 1 heterocycles. The summed E-state index contributed by atoms with van der Waals surface area (Å²) in [6, 6.07) is 12.4. The van der Waals surface area contributed by atoms with Gasteiger partial charge >= 0.3 is 0 Å². The Kier molecular flexibility index (Phi) is 4.81. The number of phenolic OH excluding ortho intramolecular Hbond substituents is 1. The van der Waals surface area contributed by atoms with Crippen LogP contribution in [0.25, 0.3) is 0 Å². The SMILES string of the molecule is O=C(c1ccccc1O)N1CCC(C(O)c2ccc(F)cc2)CC1. The molecule has 126 valence electrons. The van der Waals surface area contributed by atoms with Crippen LogP contribution in [0.15, 0.2) is 48.5 Å². The van der Waals surface area contributed by atoms with Gasteiger partial charge in [-0.1, -0.05) is 24.3 Å². The van der Waals surface area contributed by atoms with Gasteiger partial charge in [0.1, 0.15) is 11.6 Å². The number of carbonyl (C=O) groups excluding carboxylic acids is 1.